The highest BCUT2D eigenvalue weighted by molar-refractivity contribution is 7.85. The second-order valence-electron chi connectivity index (χ2n) is 6.82. The van der Waals surface area contributed by atoms with Crippen molar-refractivity contribution in [3.63, 3.8) is 0 Å². The van der Waals surface area contributed by atoms with Crippen molar-refractivity contribution in [2.24, 2.45) is 5.73 Å². The smallest absolute Gasteiger partial charge is 0.424 e. The van der Waals surface area contributed by atoms with Crippen LogP contribution in [0, 0.1) is 11.3 Å². The number of methoxy groups -OCH3 is 1. The predicted molar refractivity (Wildman–Crippen MR) is 115 cm³/mol. The van der Waals surface area contributed by atoms with Gasteiger partial charge in [-0.1, -0.05) is 24.3 Å². The highest BCUT2D eigenvalue weighted by atomic mass is 32.2. The number of amides is 2. The van der Waals surface area contributed by atoms with Crippen molar-refractivity contribution in [1.29, 1.82) is 5.26 Å². The Morgan fingerprint density at radius 2 is 1.55 bits per heavy atom. The number of carbonyl (C=O) groups excluding carboxylic acids is 2. The SMILES string of the molecule is COC(=O)Cc1ccc([N+](CCOS(C)(=O)=O)(C(N)=O)c2ccc(CC#N)cc2)cc1. The molecule has 2 amide bonds. The minimum absolute atomic E-state index is 0.0629. The molecule has 0 saturated carbocycles. The van der Waals surface area contributed by atoms with E-state index in [4.69, 9.17) is 15.2 Å². The van der Waals surface area contributed by atoms with Crippen LogP contribution in [0.4, 0.5) is 16.2 Å². The van der Waals surface area contributed by atoms with Gasteiger partial charge in [-0.2, -0.15) is 18.2 Å². The fourth-order valence-corrected chi connectivity index (χ4v) is 3.54. The van der Waals surface area contributed by atoms with Gasteiger partial charge >= 0.3 is 12.0 Å². The summed E-state index contributed by atoms with van der Waals surface area (Å²) in [5.41, 5.74) is 8.20. The molecule has 0 heterocycles. The van der Waals surface area contributed by atoms with Gasteiger partial charge in [0.2, 0.25) is 0 Å². The Bertz CT molecular complexity index is 1080. The lowest BCUT2D eigenvalue weighted by Gasteiger charge is -2.33. The van der Waals surface area contributed by atoms with Gasteiger partial charge in [-0.05, 0) is 11.1 Å². The van der Waals surface area contributed by atoms with Crippen molar-refractivity contribution >= 4 is 33.5 Å². The first-order valence-corrected chi connectivity index (χ1v) is 11.1. The van der Waals surface area contributed by atoms with Gasteiger partial charge in [0, 0.05) is 24.3 Å². The van der Waals surface area contributed by atoms with Crippen LogP contribution in [0.25, 0.3) is 0 Å². The van der Waals surface area contributed by atoms with Gasteiger partial charge < -0.3 is 10.5 Å². The number of quaternary nitrogens is 1. The van der Waals surface area contributed by atoms with Crippen molar-refractivity contribution in [2.75, 3.05) is 26.5 Å². The molecule has 164 valence electrons. The lowest BCUT2D eigenvalue weighted by Crippen LogP contribution is -2.54. The molecule has 0 bridgehead atoms. The number of primary amides is 1. The van der Waals surface area contributed by atoms with Crippen LogP contribution in [-0.2, 0) is 36.7 Å². The highest BCUT2D eigenvalue weighted by Crippen LogP contribution is 2.35. The first-order chi connectivity index (χ1) is 14.6. The summed E-state index contributed by atoms with van der Waals surface area (Å²) in [6, 6.07) is 14.7. The molecule has 0 saturated heterocycles. The summed E-state index contributed by atoms with van der Waals surface area (Å²) in [6.07, 6.45) is 1.19. The van der Waals surface area contributed by atoms with E-state index in [1.54, 1.807) is 48.5 Å². The number of rotatable bonds is 9. The molecule has 31 heavy (non-hydrogen) atoms. The molecule has 2 rings (SSSR count). The van der Waals surface area contributed by atoms with E-state index < -0.39 is 26.6 Å². The zero-order valence-electron chi connectivity index (χ0n) is 17.3. The Morgan fingerprint density at radius 3 is 1.97 bits per heavy atom. The molecule has 0 fully saturated rings. The predicted octanol–water partition coefficient (Wildman–Crippen LogP) is 2.16. The van der Waals surface area contributed by atoms with Crippen molar-refractivity contribution in [1.82, 2.24) is 4.48 Å². The average molecular weight is 447 g/mol. The molecule has 0 aliphatic heterocycles. The van der Waals surface area contributed by atoms with Crippen LogP contribution in [0.15, 0.2) is 48.5 Å². The van der Waals surface area contributed by atoms with Crippen molar-refractivity contribution < 1.29 is 26.9 Å². The second-order valence-corrected chi connectivity index (χ2v) is 8.46. The summed E-state index contributed by atoms with van der Waals surface area (Å²) in [4.78, 5) is 24.3. The van der Waals surface area contributed by atoms with E-state index in [1.807, 2.05) is 0 Å². The van der Waals surface area contributed by atoms with Gasteiger partial charge in [0.05, 0.1) is 32.3 Å². The lowest BCUT2D eigenvalue weighted by molar-refractivity contribution is -0.139. The van der Waals surface area contributed by atoms with Crippen LogP contribution in [0.3, 0.4) is 0 Å². The quantitative estimate of drug-likeness (QED) is 0.354. The third kappa shape index (κ3) is 6.11. The molecule has 2 aromatic rings. The molecule has 1 atom stereocenters. The zero-order chi connectivity index (χ0) is 23.1. The van der Waals surface area contributed by atoms with Gasteiger partial charge in [0.15, 0.2) is 0 Å². The molecule has 0 radical (unpaired) electrons. The molecule has 9 nitrogen and oxygen atoms in total. The van der Waals surface area contributed by atoms with Crippen molar-refractivity contribution in [2.45, 2.75) is 12.8 Å². The third-order valence-electron chi connectivity index (χ3n) is 4.71. The van der Waals surface area contributed by atoms with Crippen LogP contribution in [0.2, 0.25) is 0 Å². The van der Waals surface area contributed by atoms with Crippen LogP contribution in [0.5, 0.6) is 0 Å². The number of nitrogens with two attached hydrogens (primary N) is 1. The summed E-state index contributed by atoms with van der Waals surface area (Å²) < 4.78 is 31.9. The Hall–Kier alpha value is -3.26. The maximum atomic E-state index is 12.8. The number of hydrogen-bond acceptors (Lipinski definition) is 7. The largest absolute Gasteiger partial charge is 0.469 e. The number of urea groups is 1. The summed E-state index contributed by atoms with van der Waals surface area (Å²) >= 11 is 0. The molecule has 0 aliphatic rings. The fraction of sp³-hybridized carbons (Fsp3) is 0.286. The van der Waals surface area contributed by atoms with Crippen LogP contribution in [-0.4, -0.2) is 46.9 Å². The number of nitriles is 1. The third-order valence-corrected chi connectivity index (χ3v) is 5.31. The maximum Gasteiger partial charge on any atom is 0.424 e. The molecular formula is C21H24N3O6S+. The number of hydrogen-bond donors (Lipinski definition) is 1. The molecule has 10 heteroatoms. The number of ether oxygens (including phenoxy) is 1. The Morgan fingerprint density at radius 1 is 1.03 bits per heavy atom. The number of nitrogens with zero attached hydrogens (tertiary/aromatic N) is 2. The summed E-state index contributed by atoms with van der Waals surface area (Å²) in [6.45, 7) is -0.373. The summed E-state index contributed by atoms with van der Waals surface area (Å²) in [7, 11) is -2.43. The van der Waals surface area contributed by atoms with Crippen molar-refractivity contribution in [3.05, 3.63) is 59.7 Å². The normalized spacial score (nSPS) is 13.1. The summed E-state index contributed by atoms with van der Waals surface area (Å²) in [5.74, 6) is -0.405. The van der Waals surface area contributed by atoms with Gasteiger partial charge in [-0.25, -0.2) is 4.79 Å². The minimum Gasteiger partial charge on any atom is -0.469 e. The molecule has 2 N–H and O–H groups in total. The second kappa shape index (κ2) is 10.2. The Kier molecular flexibility index (Phi) is 7.88. The van der Waals surface area contributed by atoms with Gasteiger partial charge in [0.25, 0.3) is 10.1 Å². The zero-order valence-corrected chi connectivity index (χ0v) is 18.1. The number of esters is 1. The number of carbonyl (C=O) groups is 2. The van der Waals surface area contributed by atoms with E-state index in [9.17, 15) is 18.0 Å². The van der Waals surface area contributed by atoms with E-state index in [-0.39, 0.29) is 26.0 Å². The molecule has 2 aromatic carbocycles. The molecule has 0 aromatic heterocycles. The molecule has 1 unspecified atom stereocenters. The van der Waals surface area contributed by atoms with E-state index in [1.165, 1.54) is 7.11 Å². The van der Waals surface area contributed by atoms with E-state index >= 15 is 0 Å². The van der Waals surface area contributed by atoms with Gasteiger partial charge in [-0.3, -0.25) is 8.98 Å². The Labute approximate surface area is 181 Å². The molecule has 0 spiro atoms. The standard InChI is InChI=1S/C21H23N3O6S/c1-29-20(25)15-17-5-9-19(10-6-17)24(21(23)26,13-14-30-31(2,27)28)18-7-3-16(4-8-18)11-12-22/h3-10H,11,13-15H2,1-2H3,(H-,23,26)/p+1. The van der Waals surface area contributed by atoms with E-state index in [0.29, 0.717) is 16.9 Å². The maximum absolute atomic E-state index is 12.8. The van der Waals surface area contributed by atoms with Crippen LogP contribution >= 0.6 is 0 Å². The van der Waals surface area contributed by atoms with Gasteiger partial charge in [-0.15, -0.1) is 0 Å². The van der Waals surface area contributed by atoms with Crippen molar-refractivity contribution in [3.8, 4) is 6.07 Å². The monoisotopic (exact) mass is 446 g/mol. The van der Waals surface area contributed by atoms with E-state index in [2.05, 4.69) is 10.8 Å². The van der Waals surface area contributed by atoms with Gasteiger partial charge in [0.1, 0.15) is 24.5 Å². The average Bonchev–Trinajstić information content (AvgIpc) is 2.72. The highest BCUT2D eigenvalue weighted by Gasteiger charge is 2.40. The first kappa shape index (κ1) is 24.0. The molecular weight excluding hydrogens is 422 g/mol. The van der Waals surface area contributed by atoms with E-state index in [0.717, 1.165) is 11.8 Å². The first-order valence-electron chi connectivity index (χ1n) is 9.27. The van der Waals surface area contributed by atoms with Crippen LogP contribution in [0.1, 0.15) is 11.1 Å². The topological polar surface area (TPSA) is 137 Å². The number of benzene rings is 2. The fourth-order valence-electron chi connectivity index (χ4n) is 3.16. The lowest BCUT2D eigenvalue weighted by atomic mass is 10.1. The van der Waals surface area contributed by atoms with Crippen LogP contribution < -0.4 is 10.2 Å². The molecule has 0 aliphatic carbocycles. The minimum atomic E-state index is -3.72. The Balaban J connectivity index is 2.52. The summed E-state index contributed by atoms with van der Waals surface area (Å²) in [5, 5.41) is 8.88.